The van der Waals surface area contributed by atoms with Gasteiger partial charge in [-0.25, -0.2) is 8.78 Å². The number of benzene rings is 2. The van der Waals surface area contributed by atoms with Crippen molar-refractivity contribution in [3.8, 4) is 0 Å². The Morgan fingerprint density at radius 1 is 1.03 bits per heavy atom. The quantitative estimate of drug-likeness (QED) is 0.594. The Labute approximate surface area is 162 Å². The zero-order valence-corrected chi connectivity index (χ0v) is 15.1. The van der Waals surface area contributed by atoms with Crippen LogP contribution in [-0.2, 0) is 22.2 Å². The van der Waals surface area contributed by atoms with Gasteiger partial charge in [0.1, 0.15) is 17.3 Å². The van der Waals surface area contributed by atoms with E-state index in [1.165, 1.54) is 25.1 Å². The third-order valence-corrected chi connectivity index (χ3v) is 4.50. The summed E-state index contributed by atoms with van der Waals surface area (Å²) in [7, 11) is 0. The van der Waals surface area contributed by atoms with Crippen molar-refractivity contribution in [3.05, 3.63) is 76.5 Å². The minimum Gasteiger partial charge on any atom is -0.351 e. The number of carbonyl (C=O) groups is 2. The first-order valence-electron chi connectivity index (χ1n) is 8.53. The average Bonchev–Trinajstić information content (AvgIpc) is 2.90. The van der Waals surface area contributed by atoms with E-state index in [0.29, 0.717) is 0 Å². The molecule has 0 bridgehead atoms. The fraction of sp³-hybridized carbons (Fsp3) is 0.200. The molecule has 1 aliphatic rings. The summed E-state index contributed by atoms with van der Waals surface area (Å²) in [6.07, 6.45) is -3.81. The molecule has 1 aliphatic heterocycles. The lowest BCUT2D eigenvalue weighted by atomic mass is 10.0. The maximum absolute atomic E-state index is 13.7. The number of hydrogen-bond acceptors (Lipinski definition) is 3. The van der Waals surface area contributed by atoms with E-state index in [2.05, 4.69) is 5.32 Å². The van der Waals surface area contributed by atoms with Crippen molar-refractivity contribution in [1.82, 2.24) is 4.90 Å². The summed E-state index contributed by atoms with van der Waals surface area (Å²) in [6, 6.07) is 6.83. The van der Waals surface area contributed by atoms with Gasteiger partial charge in [0.2, 0.25) is 0 Å². The second kappa shape index (κ2) is 7.65. The number of carbonyl (C=O) groups excluding carboxylic acids is 2. The number of nitrogens with zero attached hydrogens (tertiary/aromatic N) is 1. The highest BCUT2D eigenvalue weighted by Crippen LogP contribution is 2.32. The molecule has 0 saturated heterocycles. The Kier molecular flexibility index (Phi) is 5.41. The Balaban J connectivity index is 1.72. The molecule has 9 heteroatoms. The number of imide groups is 1. The van der Waals surface area contributed by atoms with Gasteiger partial charge in [-0.15, -0.1) is 0 Å². The van der Waals surface area contributed by atoms with Crippen LogP contribution < -0.4 is 5.32 Å². The molecule has 1 N–H and O–H groups in total. The molecule has 3 rings (SSSR count). The van der Waals surface area contributed by atoms with Gasteiger partial charge in [-0.1, -0.05) is 18.2 Å². The normalized spacial score (nSPS) is 14.4. The summed E-state index contributed by atoms with van der Waals surface area (Å²) >= 11 is 0. The molecule has 0 fully saturated rings. The van der Waals surface area contributed by atoms with Crippen LogP contribution in [0.1, 0.15) is 16.7 Å². The van der Waals surface area contributed by atoms with Gasteiger partial charge in [-0.3, -0.25) is 14.5 Å². The smallest absolute Gasteiger partial charge is 0.351 e. The zero-order valence-electron chi connectivity index (χ0n) is 15.1. The Bertz CT molecular complexity index is 991. The van der Waals surface area contributed by atoms with Gasteiger partial charge in [0.15, 0.2) is 0 Å². The zero-order chi connectivity index (χ0) is 21.3. The fourth-order valence-corrected chi connectivity index (χ4v) is 2.93. The van der Waals surface area contributed by atoms with Crippen LogP contribution in [0.2, 0.25) is 0 Å². The second-order valence-electron chi connectivity index (χ2n) is 6.45. The maximum Gasteiger partial charge on any atom is 0.416 e. The van der Waals surface area contributed by atoms with E-state index >= 15 is 0 Å². The molecule has 0 aliphatic carbocycles. The Morgan fingerprint density at radius 2 is 1.66 bits per heavy atom. The lowest BCUT2D eigenvalue weighted by Gasteiger charge is -2.17. The van der Waals surface area contributed by atoms with Crippen molar-refractivity contribution in [2.75, 3.05) is 11.9 Å². The second-order valence-corrected chi connectivity index (χ2v) is 6.45. The third kappa shape index (κ3) is 4.28. The lowest BCUT2D eigenvalue weighted by molar-refractivity contribution is -0.138. The fourth-order valence-electron chi connectivity index (χ4n) is 2.93. The molecule has 0 saturated carbocycles. The highest BCUT2D eigenvalue weighted by molar-refractivity contribution is 6.17. The van der Waals surface area contributed by atoms with Gasteiger partial charge in [-0.2, -0.15) is 13.2 Å². The van der Waals surface area contributed by atoms with Crippen molar-refractivity contribution in [3.63, 3.8) is 0 Å². The Morgan fingerprint density at radius 3 is 2.28 bits per heavy atom. The van der Waals surface area contributed by atoms with Crippen LogP contribution >= 0.6 is 0 Å². The van der Waals surface area contributed by atoms with E-state index in [0.717, 1.165) is 29.2 Å². The molecule has 152 valence electrons. The molecule has 0 unspecified atom stereocenters. The van der Waals surface area contributed by atoms with Crippen molar-refractivity contribution < 1.29 is 31.5 Å². The largest absolute Gasteiger partial charge is 0.416 e. The first-order chi connectivity index (χ1) is 13.6. The van der Waals surface area contributed by atoms with E-state index in [9.17, 15) is 31.5 Å². The molecular weight excluding hydrogens is 395 g/mol. The van der Waals surface area contributed by atoms with Crippen LogP contribution in [0.4, 0.5) is 27.6 Å². The molecule has 2 aromatic carbocycles. The van der Waals surface area contributed by atoms with E-state index < -0.39 is 35.2 Å². The van der Waals surface area contributed by atoms with E-state index in [1.807, 2.05) is 0 Å². The standard InChI is InChI=1S/C20H15F5N2O2/c1-11-15(21)8-13(9-16(11)22)26-17-10-18(28)27(19(17)29)7-6-12-4-2-3-5-14(12)20(23,24)25/h2-5,8-10,26H,6-7H2,1H3. The van der Waals surface area contributed by atoms with Gasteiger partial charge >= 0.3 is 6.18 Å². The molecule has 0 spiro atoms. The highest BCUT2D eigenvalue weighted by Gasteiger charge is 2.34. The summed E-state index contributed by atoms with van der Waals surface area (Å²) in [5, 5.41) is 2.48. The first kappa shape index (κ1) is 20.5. The average molecular weight is 410 g/mol. The van der Waals surface area contributed by atoms with Crippen LogP contribution in [0.5, 0.6) is 0 Å². The Hall–Kier alpha value is -3.23. The van der Waals surface area contributed by atoms with Gasteiger partial charge < -0.3 is 5.32 Å². The van der Waals surface area contributed by atoms with Crippen LogP contribution in [0.15, 0.2) is 48.2 Å². The number of amides is 2. The first-order valence-corrected chi connectivity index (χ1v) is 8.53. The number of rotatable bonds is 5. The summed E-state index contributed by atoms with van der Waals surface area (Å²) in [5.74, 6) is -3.17. The highest BCUT2D eigenvalue weighted by atomic mass is 19.4. The van der Waals surface area contributed by atoms with Gasteiger partial charge in [0.05, 0.1) is 5.56 Å². The summed E-state index contributed by atoms with van der Waals surface area (Å²) < 4.78 is 66.5. The monoisotopic (exact) mass is 410 g/mol. The predicted octanol–water partition coefficient (Wildman–Crippen LogP) is 4.20. The van der Waals surface area contributed by atoms with Crippen LogP contribution in [0, 0.1) is 18.6 Å². The van der Waals surface area contributed by atoms with Gasteiger partial charge in [0, 0.05) is 23.9 Å². The van der Waals surface area contributed by atoms with Crippen LogP contribution in [-0.4, -0.2) is 23.3 Å². The number of anilines is 1. The topological polar surface area (TPSA) is 49.4 Å². The lowest BCUT2D eigenvalue weighted by Crippen LogP contribution is -2.34. The number of alkyl halides is 3. The molecule has 1 heterocycles. The molecule has 0 atom stereocenters. The van der Waals surface area contributed by atoms with Crippen molar-refractivity contribution in [1.29, 1.82) is 0 Å². The molecule has 2 amide bonds. The molecule has 4 nitrogen and oxygen atoms in total. The molecular formula is C20H15F5N2O2. The van der Waals surface area contributed by atoms with E-state index in [-0.39, 0.29) is 35.5 Å². The van der Waals surface area contributed by atoms with Gasteiger partial charge in [0.25, 0.3) is 11.8 Å². The number of hydrogen-bond donors (Lipinski definition) is 1. The summed E-state index contributed by atoms with van der Waals surface area (Å²) in [5.41, 5.74) is -1.37. The van der Waals surface area contributed by atoms with Crippen molar-refractivity contribution >= 4 is 17.5 Å². The van der Waals surface area contributed by atoms with Gasteiger partial charge in [-0.05, 0) is 37.1 Å². The van der Waals surface area contributed by atoms with E-state index in [4.69, 9.17) is 0 Å². The van der Waals surface area contributed by atoms with E-state index in [1.54, 1.807) is 0 Å². The van der Waals surface area contributed by atoms with Crippen LogP contribution in [0.25, 0.3) is 0 Å². The molecule has 2 aromatic rings. The molecule has 0 radical (unpaired) electrons. The summed E-state index contributed by atoms with van der Waals surface area (Å²) in [4.78, 5) is 25.3. The summed E-state index contributed by atoms with van der Waals surface area (Å²) in [6.45, 7) is 0.974. The number of nitrogens with one attached hydrogen (secondary N) is 1. The minimum atomic E-state index is -4.56. The minimum absolute atomic E-state index is 0.0512. The van der Waals surface area contributed by atoms with Crippen molar-refractivity contribution in [2.24, 2.45) is 0 Å². The number of halogens is 5. The van der Waals surface area contributed by atoms with Crippen LogP contribution in [0.3, 0.4) is 0 Å². The molecule has 0 aromatic heterocycles. The van der Waals surface area contributed by atoms with Crippen molar-refractivity contribution in [2.45, 2.75) is 19.5 Å². The molecule has 29 heavy (non-hydrogen) atoms. The maximum atomic E-state index is 13.7. The third-order valence-electron chi connectivity index (χ3n) is 4.50. The predicted molar refractivity (Wildman–Crippen MR) is 94.7 cm³/mol. The SMILES string of the molecule is Cc1c(F)cc(NC2=CC(=O)N(CCc3ccccc3C(F)(F)F)C2=O)cc1F.